The van der Waals surface area contributed by atoms with Crippen molar-refractivity contribution in [2.75, 3.05) is 11.4 Å². The monoisotopic (exact) mass is 267 g/mol. The quantitative estimate of drug-likeness (QED) is 0.909. The Bertz CT molecular complexity index is 619. The Balaban J connectivity index is 1.86. The van der Waals surface area contributed by atoms with Crippen LogP contribution in [0.3, 0.4) is 0 Å². The molecule has 1 aromatic heterocycles. The van der Waals surface area contributed by atoms with Crippen molar-refractivity contribution in [3.63, 3.8) is 0 Å². The molecule has 1 atom stereocenters. The molecule has 1 aliphatic heterocycles. The Hall–Kier alpha value is -1.87. The van der Waals surface area contributed by atoms with Gasteiger partial charge in [-0.15, -0.1) is 0 Å². The van der Waals surface area contributed by atoms with E-state index >= 15 is 0 Å². The second kappa shape index (κ2) is 5.25. The van der Waals surface area contributed by atoms with Gasteiger partial charge >= 0.3 is 0 Å². The lowest BCUT2D eigenvalue weighted by molar-refractivity contribution is 0.717. The third kappa shape index (κ3) is 2.41. The van der Waals surface area contributed by atoms with Crippen LogP contribution in [0, 0.1) is 6.92 Å². The fourth-order valence-electron chi connectivity index (χ4n) is 2.89. The van der Waals surface area contributed by atoms with Gasteiger partial charge in [0.1, 0.15) is 5.82 Å². The highest BCUT2D eigenvalue weighted by Gasteiger charge is 2.17. The van der Waals surface area contributed by atoms with Gasteiger partial charge in [0.15, 0.2) is 0 Å². The van der Waals surface area contributed by atoms with Crippen molar-refractivity contribution < 1.29 is 0 Å². The summed E-state index contributed by atoms with van der Waals surface area (Å²) in [7, 11) is 0. The highest BCUT2D eigenvalue weighted by Crippen LogP contribution is 2.25. The Morgan fingerprint density at radius 1 is 1.25 bits per heavy atom. The number of pyridine rings is 1. The summed E-state index contributed by atoms with van der Waals surface area (Å²) in [5.41, 5.74) is 11.2. The first-order chi connectivity index (χ1) is 9.65. The van der Waals surface area contributed by atoms with Crippen LogP contribution >= 0.6 is 0 Å². The Kier molecular flexibility index (Phi) is 3.45. The standard InChI is InChI=1S/C17H21N3/c1-12-9-17(19-10-16(12)13(2)18)20-8-7-14-5-3-4-6-15(14)11-20/h3-6,9-10,13H,7-8,11,18H2,1-2H3/t13-/m0/s1. The molecule has 104 valence electrons. The van der Waals surface area contributed by atoms with Gasteiger partial charge in [-0.25, -0.2) is 4.98 Å². The van der Waals surface area contributed by atoms with E-state index < -0.39 is 0 Å². The molecule has 0 spiro atoms. The average Bonchev–Trinajstić information content (AvgIpc) is 2.46. The zero-order chi connectivity index (χ0) is 14.1. The number of aromatic nitrogens is 1. The number of aryl methyl sites for hydroxylation is 1. The maximum Gasteiger partial charge on any atom is 0.129 e. The molecule has 0 saturated carbocycles. The smallest absolute Gasteiger partial charge is 0.129 e. The van der Waals surface area contributed by atoms with Crippen LogP contribution in [0.4, 0.5) is 5.82 Å². The van der Waals surface area contributed by atoms with Gasteiger partial charge in [-0.2, -0.15) is 0 Å². The van der Waals surface area contributed by atoms with Crippen LogP contribution in [0.1, 0.15) is 35.2 Å². The molecule has 2 heterocycles. The lowest BCUT2D eigenvalue weighted by Gasteiger charge is -2.30. The molecule has 0 fully saturated rings. The fraction of sp³-hybridized carbons (Fsp3) is 0.353. The van der Waals surface area contributed by atoms with Crippen molar-refractivity contribution in [3.05, 3.63) is 58.8 Å². The second-order valence-corrected chi connectivity index (χ2v) is 5.63. The molecule has 3 nitrogen and oxygen atoms in total. The molecule has 0 saturated heterocycles. The van der Waals surface area contributed by atoms with E-state index in [-0.39, 0.29) is 6.04 Å². The second-order valence-electron chi connectivity index (χ2n) is 5.63. The minimum atomic E-state index is 0.0404. The van der Waals surface area contributed by atoms with Gasteiger partial charge in [0.2, 0.25) is 0 Å². The summed E-state index contributed by atoms with van der Waals surface area (Å²) < 4.78 is 0. The third-order valence-electron chi connectivity index (χ3n) is 4.08. The molecule has 1 aromatic carbocycles. The van der Waals surface area contributed by atoms with Crippen LogP contribution in [-0.4, -0.2) is 11.5 Å². The van der Waals surface area contributed by atoms with E-state index in [0.29, 0.717) is 0 Å². The van der Waals surface area contributed by atoms with E-state index in [1.54, 1.807) is 0 Å². The number of hydrogen-bond donors (Lipinski definition) is 1. The maximum absolute atomic E-state index is 5.95. The lowest BCUT2D eigenvalue weighted by atomic mass is 9.99. The zero-order valence-electron chi connectivity index (χ0n) is 12.1. The number of hydrogen-bond acceptors (Lipinski definition) is 3. The van der Waals surface area contributed by atoms with Crippen molar-refractivity contribution in [1.29, 1.82) is 0 Å². The third-order valence-corrected chi connectivity index (χ3v) is 4.08. The van der Waals surface area contributed by atoms with Crippen molar-refractivity contribution in [1.82, 2.24) is 4.98 Å². The van der Waals surface area contributed by atoms with E-state index in [1.807, 2.05) is 13.1 Å². The molecule has 2 aromatic rings. The number of nitrogens with zero attached hydrogens (tertiary/aromatic N) is 2. The molecular weight excluding hydrogens is 246 g/mol. The van der Waals surface area contributed by atoms with E-state index in [4.69, 9.17) is 5.73 Å². The Morgan fingerprint density at radius 2 is 2.00 bits per heavy atom. The van der Waals surface area contributed by atoms with E-state index in [0.717, 1.165) is 30.9 Å². The van der Waals surface area contributed by atoms with Gasteiger partial charge in [0.05, 0.1) is 0 Å². The van der Waals surface area contributed by atoms with Crippen LogP contribution in [0.25, 0.3) is 0 Å². The van der Waals surface area contributed by atoms with E-state index in [1.165, 1.54) is 16.7 Å². The van der Waals surface area contributed by atoms with E-state index in [2.05, 4.69) is 47.1 Å². The molecular formula is C17H21N3. The molecule has 3 rings (SSSR count). The summed E-state index contributed by atoms with van der Waals surface area (Å²) in [5, 5.41) is 0. The molecule has 0 radical (unpaired) electrons. The van der Waals surface area contributed by atoms with Crippen molar-refractivity contribution in [2.24, 2.45) is 5.73 Å². The van der Waals surface area contributed by atoms with Gasteiger partial charge < -0.3 is 10.6 Å². The summed E-state index contributed by atoms with van der Waals surface area (Å²) >= 11 is 0. The highest BCUT2D eigenvalue weighted by molar-refractivity contribution is 5.47. The van der Waals surface area contributed by atoms with Gasteiger partial charge in [-0.05, 0) is 48.6 Å². The Labute approximate surface area is 120 Å². The van der Waals surface area contributed by atoms with Gasteiger partial charge in [-0.3, -0.25) is 0 Å². The molecule has 0 aliphatic carbocycles. The van der Waals surface area contributed by atoms with Gasteiger partial charge in [0, 0.05) is 25.3 Å². The summed E-state index contributed by atoms with van der Waals surface area (Å²) in [6, 6.07) is 10.9. The zero-order valence-corrected chi connectivity index (χ0v) is 12.1. The summed E-state index contributed by atoms with van der Waals surface area (Å²) in [6.07, 6.45) is 3.02. The first kappa shape index (κ1) is 13.1. The van der Waals surface area contributed by atoms with Crippen LogP contribution in [0.2, 0.25) is 0 Å². The van der Waals surface area contributed by atoms with Gasteiger partial charge in [0.25, 0.3) is 0 Å². The number of fused-ring (bicyclic) bond motifs is 1. The maximum atomic E-state index is 5.95. The molecule has 0 bridgehead atoms. The Morgan fingerprint density at radius 3 is 2.70 bits per heavy atom. The highest BCUT2D eigenvalue weighted by atomic mass is 15.2. The number of anilines is 1. The molecule has 20 heavy (non-hydrogen) atoms. The minimum Gasteiger partial charge on any atom is -0.352 e. The molecule has 1 aliphatic rings. The van der Waals surface area contributed by atoms with Gasteiger partial charge in [-0.1, -0.05) is 24.3 Å². The topological polar surface area (TPSA) is 42.2 Å². The van der Waals surface area contributed by atoms with E-state index in [9.17, 15) is 0 Å². The van der Waals surface area contributed by atoms with Crippen LogP contribution in [0.5, 0.6) is 0 Å². The SMILES string of the molecule is Cc1cc(N2CCc3ccccc3C2)ncc1[C@H](C)N. The lowest BCUT2D eigenvalue weighted by Crippen LogP contribution is -2.31. The van der Waals surface area contributed by atoms with Crippen LogP contribution in [0.15, 0.2) is 36.5 Å². The normalized spacial score (nSPS) is 15.8. The first-order valence-corrected chi connectivity index (χ1v) is 7.19. The van der Waals surface area contributed by atoms with Crippen LogP contribution in [-0.2, 0) is 13.0 Å². The summed E-state index contributed by atoms with van der Waals surface area (Å²) in [5.74, 6) is 1.06. The number of nitrogens with two attached hydrogens (primary N) is 1. The summed E-state index contributed by atoms with van der Waals surface area (Å²) in [6.45, 7) is 6.09. The van der Waals surface area contributed by atoms with Crippen LogP contribution < -0.4 is 10.6 Å². The average molecular weight is 267 g/mol. The van der Waals surface area contributed by atoms with Crippen molar-refractivity contribution >= 4 is 5.82 Å². The predicted octanol–water partition coefficient (Wildman–Crippen LogP) is 2.97. The molecule has 0 amide bonds. The van der Waals surface area contributed by atoms with Crippen molar-refractivity contribution in [3.8, 4) is 0 Å². The summed E-state index contributed by atoms with van der Waals surface area (Å²) in [4.78, 5) is 6.95. The fourth-order valence-corrected chi connectivity index (χ4v) is 2.89. The first-order valence-electron chi connectivity index (χ1n) is 7.19. The molecule has 3 heteroatoms. The number of benzene rings is 1. The molecule has 0 unspecified atom stereocenters. The molecule has 2 N–H and O–H groups in total. The van der Waals surface area contributed by atoms with Crippen molar-refractivity contribution in [2.45, 2.75) is 32.9 Å². The predicted molar refractivity (Wildman–Crippen MR) is 82.8 cm³/mol. The largest absolute Gasteiger partial charge is 0.352 e. The minimum absolute atomic E-state index is 0.0404. The number of rotatable bonds is 2.